The fourth-order valence-electron chi connectivity index (χ4n) is 4.41. The van der Waals surface area contributed by atoms with E-state index >= 15 is 0 Å². The van der Waals surface area contributed by atoms with Crippen LogP contribution in [0.1, 0.15) is 25.0 Å². The van der Waals surface area contributed by atoms with Crippen LogP contribution in [-0.4, -0.2) is 33.9 Å². The summed E-state index contributed by atoms with van der Waals surface area (Å²) in [7, 11) is 1.70. The molecule has 2 aromatic heterocycles. The molecule has 1 aliphatic rings. The molecule has 1 aromatic carbocycles. The van der Waals surface area contributed by atoms with Crippen molar-refractivity contribution in [1.82, 2.24) is 14.1 Å². The fourth-order valence-corrected chi connectivity index (χ4v) is 4.41. The monoisotopic (exact) mass is 412 g/mol. The Morgan fingerprint density at radius 1 is 1.20 bits per heavy atom. The zero-order valence-corrected chi connectivity index (χ0v) is 18.4. The molecule has 1 atom stereocenters. The average molecular weight is 413 g/mol. The van der Waals surface area contributed by atoms with Gasteiger partial charge in [-0.2, -0.15) is 0 Å². The van der Waals surface area contributed by atoms with E-state index in [1.165, 1.54) is 20.3 Å². The maximum atomic E-state index is 13.3. The van der Waals surface area contributed by atoms with Crippen molar-refractivity contribution >= 4 is 22.8 Å². The second-order valence-corrected chi connectivity index (χ2v) is 8.31. The molecule has 0 amide bonds. The summed E-state index contributed by atoms with van der Waals surface area (Å²) < 4.78 is 10.2. The fraction of sp³-hybridized carbons (Fsp3) is 0.500. The Morgan fingerprint density at radius 2 is 1.90 bits per heavy atom. The van der Waals surface area contributed by atoms with E-state index in [1.807, 2.05) is 11.5 Å². The van der Waals surface area contributed by atoms with Crippen LogP contribution in [0.15, 0.2) is 27.8 Å². The van der Waals surface area contributed by atoms with Gasteiger partial charge >= 0.3 is 11.6 Å². The first-order valence-electron chi connectivity index (χ1n) is 10.5. The van der Waals surface area contributed by atoms with Gasteiger partial charge in [-0.15, -0.1) is 0 Å². The Morgan fingerprint density at radius 3 is 2.57 bits per heavy atom. The number of aryl methyl sites for hydroxylation is 3. The van der Waals surface area contributed by atoms with E-state index in [-0.39, 0.29) is 17.8 Å². The Bertz CT molecular complexity index is 1200. The molecule has 0 unspecified atom stereocenters. The number of H-pyrrole nitrogens is 1. The van der Waals surface area contributed by atoms with Crippen molar-refractivity contribution in [2.75, 3.05) is 24.7 Å². The number of anilines is 2. The second-order valence-electron chi connectivity index (χ2n) is 8.31. The minimum absolute atomic E-state index is 0.242. The van der Waals surface area contributed by atoms with Gasteiger partial charge in [0.15, 0.2) is 0 Å². The van der Waals surface area contributed by atoms with Crippen molar-refractivity contribution in [2.45, 2.75) is 40.8 Å². The van der Waals surface area contributed by atoms with Gasteiger partial charge in [-0.25, -0.2) is 19.2 Å². The summed E-state index contributed by atoms with van der Waals surface area (Å²) in [5.74, 6) is 1.18. The normalized spacial score (nSPS) is 16.3. The molecule has 3 heterocycles. The Hall–Kier alpha value is -2.87. The second kappa shape index (κ2) is 7.75. The van der Waals surface area contributed by atoms with Crippen LogP contribution in [0.3, 0.4) is 0 Å². The number of nitrogens with zero attached hydrogens (tertiary/aromatic N) is 4. The van der Waals surface area contributed by atoms with E-state index in [9.17, 15) is 9.59 Å². The van der Waals surface area contributed by atoms with Gasteiger partial charge in [0.1, 0.15) is 5.69 Å². The lowest BCUT2D eigenvalue weighted by atomic mass is 10.1. The van der Waals surface area contributed by atoms with E-state index < -0.39 is 0 Å². The molecule has 8 heteroatoms. The highest BCUT2D eigenvalue weighted by molar-refractivity contribution is 5.70. The molecular formula is C22H30N5O3+. The summed E-state index contributed by atoms with van der Waals surface area (Å²) in [6, 6.07) is 6.46. The van der Waals surface area contributed by atoms with Crippen molar-refractivity contribution in [2.24, 2.45) is 13.0 Å². The van der Waals surface area contributed by atoms with Gasteiger partial charge in [-0.05, 0) is 44.0 Å². The SMILES string of the molecule is CCOCCn1c(=O)c2c([nH]c3[n+]2C[C@H](C)CN3c2cc(C)cc(C)c2)n(C)c1=O. The van der Waals surface area contributed by atoms with Gasteiger partial charge in [0.25, 0.3) is 5.56 Å². The molecule has 0 spiro atoms. The van der Waals surface area contributed by atoms with Gasteiger partial charge in [-0.3, -0.25) is 13.9 Å². The van der Waals surface area contributed by atoms with Crippen molar-refractivity contribution in [3.63, 3.8) is 0 Å². The molecule has 0 radical (unpaired) electrons. The molecular weight excluding hydrogens is 382 g/mol. The highest BCUT2D eigenvalue weighted by Gasteiger charge is 2.36. The number of aromatic nitrogens is 4. The number of aromatic amines is 1. The molecule has 0 bridgehead atoms. The summed E-state index contributed by atoms with van der Waals surface area (Å²) in [5.41, 5.74) is 3.94. The number of ether oxygens (including phenoxy) is 1. The average Bonchev–Trinajstić information content (AvgIpc) is 3.07. The largest absolute Gasteiger partial charge is 0.380 e. The van der Waals surface area contributed by atoms with E-state index in [2.05, 4.69) is 48.9 Å². The molecule has 0 fully saturated rings. The maximum absolute atomic E-state index is 13.3. The standard InChI is InChI=1S/C22H29N5O3/c1-6-30-8-7-25-20(28)18-19(24(5)22(25)29)23-21-26(12-16(4)13-27(18)21)17-10-14(2)9-15(3)11-17/h9-11,16H,6-8,12-13H2,1-5H3/p+1/t16-/m1/s1. The third kappa shape index (κ3) is 3.35. The van der Waals surface area contributed by atoms with Crippen LogP contribution >= 0.6 is 0 Å². The predicted octanol–water partition coefficient (Wildman–Crippen LogP) is 1.76. The lowest BCUT2D eigenvalue weighted by molar-refractivity contribution is -0.669. The first-order chi connectivity index (χ1) is 14.3. The van der Waals surface area contributed by atoms with E-state index in [0.717, 1.165) is 24.7 Å². The zero-order valence-electron chi connectivity index (χ0n) is 18.4. The number of hydrogen-bond donors (Lipinski definition) is 1. The van der Waals surface area contributed by atoms with Gasteiger partial charge in [0.2, 0.25) is 11.2 Å². The molecule has 8 nitrogen and oxygen atoms in total. The maximum Gasteiger partial charge on any atom is 0.364 e. The smallest absolute Gasteiger partial charge is 0.364 e. The van der Waals surface area contributed by atoms with Crippen molar-refractivity contribution in [3.8, 4) is 0 Å². The van der Waals surface area contributed by atoms with Gasteiger partial charge < -0.3 is 4.74 Å². The number of benzene rings is 1. The summed E-state index contributed by atoms with van der Waals surface area (Å²) in [6.45, 7) is 10.9. The first kappa shape index (κ1) is 20.4. The third-order valence-corrected chi connectivity index (χ3v) is 5.71. The van der Waals surface area contributed by atoms with E-state index in [0.29, 0.717) is 30.3 Å². The van der Waals surface area contributed by atoms with E-state index in [1.54, 1.807) is 7.05 Å². The Balaban J connectivity index is 1.93. The lowest BCUT2D eigenvalue weighted by Crippen LogP contribution is -2.52. The number of fused-ring (bicyclic) bond motifs is 3. The molecule has 0 aliphatic carbocycles. The van der Waals surface area contributed by atoms with Gasteiger partial charge in [0, 0.05) is 19.6 Å². The molecule has 1 N–H and O–H groups in total. The topological polar surface area (TPSA) is 76.1 Å². The van der Waals surface area contributed by atoms with Crippen LogP contribution in [0.25, 0.3) is 11.2 Å². The molecule has 0 saturated heterocycles. The van der Waals surface area contributed by atoms with Crippen LogP contribution in [0.4, 0.5) is 11.6 Å². The summed E-state index contributed by atoms with van der Waals surface area (Å²) in [6.07, 6.45) is 0. The number of hydrogen-bond acceptors (Lipinski definition) is 4. The minimum atomic E-state index is -0.336. The Kier molecular flexibility index (Phi) is 5.27. The molecule has 3 aromatic rings. The van der Waals surface area contributed by atoms with Crippen LogP contribution < -0.4 is 20.7 Å². The van der Waals surface area contributed by atoms with Crippen molar-refractivity contribution in [1.29, 1.82) is 0 Å². The first-order valence-corrected chi connectivity index (χ1v) is 10.5. The Labute approximate surface area is 175 Å². The highest BCUT2D eigenvalue weighted by Crippen LogP contribution is 2.29. The molecule has 160 valence electrons. The number of imidazole rings is 1. The third-order valence-electron chi connectivity index (χ3n) is 5.71. The summed E-state index contributed by atoms with van der Waals surface area (Å²) in [5, 5.41) is 0. The van der Waals surface area contributed by atoms with Crippen molar-refractivity contribution < 1.29 is 9.30 Å². The van der Waals surface area contributed by atoms with Crippen molar-refractivity contribution in [3.05, 3.63) is 50.2 Å². The number of rotatable bonds is 5. The predicted molar refractivity (Wildman–Crippen MR) is 117 cm³/mol. The van der Waals surface area contributed by atoms with Gasteiger partial charge in [-0.1, -0.05) is 13.0 Å². The van der Waals surface area contributed by atoms with Crippen LogP contribution in [0.5, 0.6) is 0 Å². The summed E-state index contributed by atoms with van der Waals surface area (Å²) >= 11 is 0. The quantitative estimate of drug-likeness (QED) is 0.512. The summed E-state index contributed by atoms with van der Waals surface area (Å²) in [4.78, 5) is 31.8. The molecule has 30 heavy (non-hydrogen) atoms. The van der Waals surface area contributed by atoms with Crippen LogP contribution in [-0.2, 0) is 24.9 Å². The molecule has 0 saturated carbocycles. The van der Waals surface area contributed by atoms with Crippen LogP contribution in [0.2, 0.25) is 0 Å². The lowest BCUT2D eigenvalue weighted by Gasteiger charge is -2.27. The minimum Gasteiger partial charge on any atom is -0.380 e. The zero-order chi connectivity index (χ0) is 21.6. The van der Waals surface area contributed by atoms with Gasteiger partial charge in [0.05, 0.1) is 26.2 Å². The molecule has 4 rings (SSSR count). The molecule has 1 aliphatic heterocycles. The number of nitrogens with one attached hydrogen (secondary N) is 1. The van der Waals surface area contributed by atoms with Crippen LogP contribution in [0, 0.1) is 19.8 Å². The highest BCUT2D eigenvalue weighted by atomic mass is 16.5. The van der Waals surface area contributed by atoms with E-state index in [4.69, 9.17) is 4.74 Å².